The Labute approximate surface area is 395 Å². The molecule has 64 heavy (non-hydrogen) atoms. The summed E-state index contributed by atoms with van der Waals surface area (Å²) in [6.45, 7) is 3.97. The number of carbonyl (C=O) groups excluding carboxylic acids is 1. The van der Waals surface area contributed by atoms with Crippen LogP contribution in [0.3, 0.4) is 0 Å². The molecule has 0 aromatic rings. The van der Waals surface area contributed by atoms with Crippen molar-refractivity contribution in [3.8, 4) is 0 Å². The molecule has 0 aromatic carbocycles. The first kappa shape index (κ1) is 63.0. The highest BCUT2D eigenvalue weighted by Crippen LogP contribution is 2.43. The fourth-order valence-electron chi connectivity index (χ4n) is 8.37. The first-order valence-electron chi connectivity index (χ1n) is 27.6. The molecule has 0 heterocycles. The number of rotatable bonds is 54. The van der Waals surface area contributed by atoms with E-state index in [1.807, 2.05) is 0 Å². The molecule has 0 aliphatic heterocycles. The van der Waals surface area contributed by atoms with E-state index in [0.717, 1.165) is 38.5 Å². The van der Waals surface area contributed by atoms with Crippen LogP contribution in [-0.4, -0.2) is 60.5 Å². The van der Waals surface area contributed by atoms with Crippen molar-refractivity contribution in [1.29, 1.82) is 0 Å². The number of carbonyl (C=O) groups is 2. The molecule has 0 rings (SSSR count). The number of hydrogen-bond donors (Lipinski definition) is 3. The summed E-state index contributed by atoms with van der Waals surface area (Å²) in [5.74, 6) is -1.76. The van der Waals surface area contributed by atoms with Crippen molar-refractivity contribution in [1.82, 2.24) is 0 Å². The van der Waals surface area contributed by atoms with E-state index in [1.165, 1.54) is 231 Å². The van der Waals surface area contributed by atoms with Crippen LogP contribution in [0.4, 0.5) is 0 Å². The standard InChI is InChI=1S/C53H106NO9P/c1-3-5-7-9-11-13-15-17-19-21-23-25-26-27-29-31-33-35-37-39-41-43-45-52(55)63-50(48-61-64(58,59)62-49-51(54)53(56)57)47-60-46-44-42-40-38-36-34-32-30-28-24-22-20-18-16-14-12-10-8-6-4-2/h50-51H,3-49,54H2,1-2H3,(H,56,57)(H,58,59)/t50-,51+/m1/s1. The van der Waals surface area contributed by atoms with Crippen molar-refractivity contribution < 1.29 is 42.7 Å². The Morgan fingerprint density at radius 1 is 0.438 bits per heavy atom. The number of esters is 1. The number of phosphoric acid groups is 1. The normalized spacial score (nSPS) is 13.6. The van der Waals surface area contributed by atoms with Gasteiger partial charge in [0, 0.05) is 13.0 Å². The minimum atomic E-state index is -4.62. The zero-order chi connectivity index (χ0) is 46.9. The van der Waals surface area contributed by atoms with Gasteiger partial charge in [0.1, 0.15) is 12.1 Å². The highest BCUT2D eigenvalue weighted by atomic mass is 31.2. The van der Waals surface area contributed by atoms with Crippen molar-refractivity contribution in [3.05, 3.63) is 0 Å². The van der Waals surface area contributed by atoms with E-state index >= 15 is 0 Å². The van der Waals surface area contributed by atoms with Crippen LogP contribution in [0.25, 0.3) is 0 Å². The first-order chi connectivity index (χ1) is 31.2. The van der Waals surface area contributed by atoms with Gasteiger partial charge in [0.15, 0.2) is 0 Å². The van der Waals surface area contributed by atoms with E-state index in [2.05, 4.69) is 13.8 Å². The van der Waals surface area contributed by atoms with Crippen molar-refractivity contribution in [2.24, 2.45) is 5.73 Å². The Balaban J connectivity index is 4.03. The van der Waals surface area contributed by atoms with Crippen LogP contribution in [0.2, 0.25) is 0 Å². The molecule has 0 saturated heterocycles. The summed E-state index contributed by atoms with van der Waals surface area (Å²) in [6, 6.07) is -1.47. The Morgan fingerprint density at radius 3 is 1.03 bits per heavy atom. The number of ether oxygens (including phenoxy) is 2. The summed E-state index contributed by atoms with van der Waals surface area (Å²) in [5, 5.41) is 8.94. The average Bonchev–Trinajstić information content (AvgIpc) is 3.28. The first-order valence-corrected chi connectivity index (χ1v) is 29.1. The van der Waals surface area contributed by atoms with E-state index in [9.17, 15) is 19.0 Å². The minimum Gasteiger partial charge on any atom is -0.480 e. The third-order valence-corrected chi connectivity index (χ3v) is 13.6. The Morgan fingerprint density at radius 2 is 0.719 bits per heavy atom. The molecule has 0 aliphatic carbocycles. The molecule has 4 N–H and O–H groups in total. The van der Waals surface area contributed by atoms with Gasteiger partial charge in [0.2, 0.25) is 0 Å². The van der Waals surface area contributed by atoms with Gasteiger partial charge in [-0.3, -0.25) is 18.6 Å². The second-order valence-corrected chi connectivity index (χ2v) is 20.5. The van der Waals surface area contributed by atoms with Crippen LogP contribution in [0.5, 0.6) is 0 Å². The fourth-order valence-corrected chi connectivity index (χ4v) is 9.15. The smallest absolute Gasteiger partial charge is 0.472 e. The lowest BCUT2D eigenvalue weighted by Gasteiger charge is -2.20. The summed E-state index contributed by atoms with van der Waals surface area (Å²) in [5.41, 5.74) is 5.38. The van der Waals surface area contributed by atoms with Crippen LogP contribution in [0, 0.1) is 0 Å². The largest absolute Gasteiger partial charge is 0.480 e. The highest BCUT2D eigenvalue weighted by Gasteiger charge is 2.27. The number of hydrogen-bond acceptors (Lipinski definition) is 8. The lowest BCUT2D eigenvalue weighted by Crippen LogP contribution is -2.34. The van der Waals surface area contributed by atoms with Crippen LogP contribution in [-0.2, 0) is 32.7 Å². The fraction of sp³-hybridized carbons (Fsp3) is 0.962. The Kier molecular flexibility index (Phi) is 49.1. The number of carboxylic acid groups (broad SMARTS) is 1. The van der Waals surface area contributed by atoms with Gasteiger partial charge in [0.05, 0.1) is 19.8 Å². The van der Waals surface area contributed by atoms with Gasteiger partial charge in [-0.2, -0.15) is 0 Å². The maximum atomic E-state index is 12.7. The van der Waals surface area contributed by atoms with Crippen molar-refractivity contribution in [2.75, 3.05) is 26.4 Å². The number of carboxylic acids is 1. The van der Waals surface area contributed by atoms with E-state index in [4.69, 9.17) is 29.4 Å². The van der Waals surface area contributed by atoms with Gasteiger partial charge >= 0.3 is 19.8 Å². The van der Waals surface area contributed by atoms with Gasteiger partial charge in [-0.25, -0.2) is 4.57 Å². The van der Waals surface area contributed by atoms with Gasteiger partial charge < -0.3 is 25.2 Å². The molecule has 0 aromatic heterocycles. The third-order valence-electron chi connectivity index (χ3n) is 12.6. The molecule has 11 heteroatoms. The number of unbranched alkanes of at least 4 members (excludes halogenated alkanes) is 40. The highest BCUT2D eigenvalue weighted by molar-refractivity contribution is 7.47. The molecular weight excluding hydrogens is 826 g/mol. The van der Waals surface area contributed by atoms with Crippen molar-refractivity contribution >= 4 is 19.8 Å². The van der Waals surface area contributed by atoms with Gasteiger partial charge in [-0.05, 0) is 12.8 Å². The second kappa shape index (κ2) is 49.9. The quantitative estimate of drug-likeness (QED) is 0.0305. The van der Waals surface area contributed by atoms with Crippen molar-refractivity contribution in [3.63, 3.8) is 0 Å². The molecule has 0 bridgehead atoms. The summed E-state index contributed by atoms with van der Waals surface area (Å²) in [6.07, 6.45) is 54.5. The zero-order valence-electron chi connectivity index (χ0n) is 42.2. The van der Waals surface area contributed by atoms with Crippen LogP contribution in [0.15, 0.2) is 0 Å². The molecule has 0 aliphatic rings. The van der Waals surface area contributed by atoms with Gasteiger partial charge in [0.25, 0.3) is 0 Å². The van der Waals surface area contributed by atoms with E-state index in [0.29, 0.717) is 6.61 Å². The number of nitrogens with two attached hydrogens (primary N) is 1. The monoisotopic (exact) mass is 932 g/mol. The molecule has 3 atom stereocenters. The van der Waals surface area contributed by atoms with E-state index in [-0.39, 0.29) is 13.0 Å². The summed E-state index contributed by atoms with van der Waals surface area (Å²) >= 11 is 0. The lowest BCUT2D eigenvalue weighted by molar-refractivity contribution is -0.154. The lowest BCUT2D eigenvalue weighted by atomic mass is 10.0. The molecule has 0 saturated carbocycles. The Hall–Kier alpha value is -1.03. The van der Waals surface area contributed by atoms with Crippen LogP contribution < -0.4 is 5.73 Å². The summed E-state index contributed by atoms with van der Waals surface area (Å²) in [4.78, 5) is 33.7. The number of aliphatic carboxylic acids is 1. The topological polar surface area (TPSA) is 155 Å². The molecule has 0 fully saturated rings. The molecular formula is C53H106NO9P. The zero-order valence-corrected chi connectivity index (χ0v) is 43.1. The van der Waals surface area contributed by atoms with Crippen molar-refractivity contribution in [2.45, 2.75) is 302 Å². The molecule has 1 unspecified atom stereocenters. The van der Waals surface area contributed by atoms with Crippen LogP contribution >= 0.6 is 7.82 Å². The van der Waals surface area contributed by atoms with Crippen LogP contribution in [0.1, 0.15) is 290 Å². The molecule has 382 valence electrons. The number of phosphoric ester groups is 1. The molecule has 0 radical (unpaired) electrons. The Bertz CT molecular complexity index is 1030. The molecule has 0 spiro atoms. The van der Waals surface area contributed by atoms with Gasteiger partial charge in [-0.15, -0.1) is 0 Å². The predicted molar refractivity (Wildman–Crippen MR) is 268 cm³/mol. The maximum Gasteiger partial charge on any atom is 0.472 e. The second-order valence-electron chi connectivity index (χ2n) is 19.1. The predicted octanol–water partition coefficient (Wildman–Crippen LogP) is 16.3. The maximum absolute atomic E-state index is 12.7. The molecule has 10 nitrogen and oxygen atoms in total. The van der Waals surface area contributed by atoms with Gasteiger partial charge in [-0.1, -0.05) is 271 Å². The third kappa shape index (κ3) is 48.9. The minimum absolute atomic E-state index is 0.0266. The van der Waals surface area contributed by atoms with E-state index < -0.39 is 45.1 Å². The molecule has 0 amide bonds. The SMILES string of the molecule is CCCCCCCCCCCCCCCCCCCCCCCCC(=O)O[C@H](COCCCCCCCCCCCCCCCCCCCCCC)COP(=O)(O)OC[C@H](N)C(=O)O. The summed E-state index contributed by atoms with van der Waals surface area (Å²) < 4.78 is 33.6. The average molecular weight is 932 g/mol. The summed E-state index contributed by atoms with van der Waals surface area (Å²) in [7, 11) is -4.62. The van der Waals surface area contributed by atoms with E-state index in [1.54, 1.807) is 0 Å².